The van der Waals surface area contributed by atoms with Crippen molar-refractivity contribution in [3.05, 3.63) is 65.9 Å². The Kier molecular flexibility index (Phi) is 1.94. The fraction of sp³-hybridized carbons (Fsp3) is 0.111. The van der Waals surface area contributed by atoms with E-state index in [-0.39, 0.29) is 0 Å². The molecular weight excluding hydrogens is 262 g/mol. The SMILES string of the molecule is C1=CC2(Cc3ccccc3N2)Oc2c1oc1ccccc21. The first-order valence-corrected chi connectivity index (χ1v) is 7.09. The Morgan fingerprint density at radius 1 is 1.00 bits per heavy atom. The van der Waals surface area contributed by atoms with Crippen LogP contribution in [0.3, 0.4) is 0 Å². The average Bonchev–Trinajstić information content (AvgIpc) is 3.05. The highest BCUT2D eigenvalue weighted by Gasteiger charge is 2.40. The maximum atomic E-state index is 6.32. The monoisotopic (exact) mass is 275 g/mol. The van der Waals surface area contributed by atoms with Crippen LogP contribution in [0.25, 0.3) is 17.0 Å². The van der Waals surface area contributed by atoms with Crippen molar-refractivity contribution in [2.24, 2.45) is 0 Å². The van der Waals surface area contributed by atoms with Crippen molar-refractivity contribution in [2.45, 2.75) is 12.1 Å². The first kappa shape index (κ1) is 11.0. The molecule has 0 fully saturated rings. The molecule has 3 heteroatoms. The number of nitrogens with one attached hydrogen (secondary N) is 1. The lowest BCUT2D eigenvalue weighted by Crippen LogP contribution is -2.41. The highest BCUT2D eigenvalue weighted by Crippen LogP contribution is 2.43. The van der Waals surface area contributed by atoms with Crippen molar-refractivity contribution in [1.82, 2.24) is 0 Å². The second kappa shape index (κ2) is 3.70. The molecule has 3 nitrogen and oxygen atoms in total. The lowest BCUT2D eigenvalue weighted by Gasteiger charge is -2.30. The van der Waals surface area contributed by atoms with Gasteiger partial charge in [0.05, 0.1) is 5.39 Å². The zero-order chi connectivity index (χ0) is 13.9. The second-order valence-corrected chi connectivity index (χ2v) is 5.58. The van der Waals surface area contributed by atoms with Crippen molar-refractivity contribution in [2.75, 3.05) is 5.32 Å². The molecule has 1 spiro atoms. The van der Waals surface area contributed by atoms with Gasteiger partial charge in [0.2, 0.25) is 5.72 Å². The smallest absolute Gasteiger partial charge is 0.204 e. The quantitative estimate of drug-likeness (QED) is 0.667. The molecule has 2 aliphatic rings. The van der Waals surface area contributed by atoms with Gasteiger partial charge < -0.3 is 14.5 Å². The Morgan fingerprint density at radius 3 is 2.81 bits per heavy atom. The first-order chi connectivity index (χ1) is 10.3. The van der Waals surface area contributed by atoms with Gasteiger partial charge in [-0.15, -0.1) is 0 Å². The summed E-state index contributed by atoms with van der Waals surface area (Å²) in [6, 6.07) is 16.3. The number of fused-ring (bicyclic) bond motifs is 4. The van der Waals surface area contributed by atoms with Crippen LogP contribution < -0.4 is 10.1 Å². The van der Waals surface area contributed by atoms with Crippen LogP contribution in [0.5, 0.6) is 5.75 Å². The molecule has 5 rings (SSSR count). The van der Waals surface area contributed by atoms with E-state index in [0.717, 1.165) is 34.6 Å². The molecule has 0 radical (unpaired) electrons. The third-order valence-electron chi connectivity index (χ3n) is 4.18. The van der Waals surface area contributed by atoms with E-state index in [4.69, 9.17) is 9.15 Å². The molecule has 21 heavy (non-hydrogen) atoms. The molecule has 3 heterocycles. The summed E-state index contributed by atoms with van der Waals surface area (Å²) >= 11 is 0. The molecule has 102 valence electrons. The van der Waals surface area contributed by atoms with Crippen LogP contribution in [0.1, 0.15) is 11.3 Å². The van der Waals surface area contributed by atoms with Crippen molar-refractivity contribution in [1.29, 1.82) is 0 Å². The van der Waals surface area contributed by atoms with Crippen LogP contribution >= 0.6 is 0 Å². The molecule has 2 aliphatic heterocycles. The third kappa shape index (κ3) is 1.49. The summed E-state index contributed by atoms with van der Waals surface area (Å²) in [5.74, 6) is 1.62. The van der Waals surface area contributed by atoms with Crippen molar-refractivity contribution < 1.29 is 9.15 Å². The van der Waals surface area contributed by atoms with Gasteiger partial charge in [0.15, 0.2) is 11.5 Å². The number of rotatable bonds is 0. The van der Waals surface area contributed by atoms with E-state index < -0.39 is 5.72 Å². The minimum Gasteiger partial charge on any atom is -0.460 e. The number of benzene rings is 2. The van der Waals surface area contributed by atoms with Crippen molar-refractivity contribution >= 4 is 22.7 Å². The predicted molar refractivity (Wildman–Crippen MR) is 82.4 cm³/mol. The molecule has 1 atom stereocenters. The summed E-state index contributed by atoms with van der Waals surface area (Å²) in [6.45, 7) is 0. The van der Waals surface area contributed by atoms with E-state index in [1.165, 1.54) is 5.56 Å². The van der Waals surface area contributed by atoms with Crippen LogP contribution in [0.15, 0.2) is 59.0 Å². The number of anilines is 1. The molecular formula is C18H13NO2. The summed E-state index contributed by atoms with van der Waals surface area (Å²) in [6.07, 6.45) is 4.88. The number of hydrogen-bond donors (Lipinski definition) is 1. The molecule has 1 N–H and O–H groups in total. The molecule has 0 saturated carbocycles. The molecule has 1 unspecified atom stereocenters. The maximum absolute atomic E-state index is 6.32. The number of furan rings is 1. The molecule has 0 saturated heterocycles. The fourth-order valence-corrected chi connectivity index (χ4v) is 3.20. The summed E-state index contributed by atoms with van der Waals surface area (Å²) in [5, 5.41) is 4.52. The standard InChI is InChI=1S/C18H13NO2/c1-3-7-14-12(5-1)11-18(19-14)10-9-16-17(21-18)13-6-2-4-8-15(13)20-16/h1-10,19H,11H2. The van der Waals surface area contributed by atoms with Gasteiger partial charge in [-0.25, -0.2) is 0 Å². The highest BCUT2D eigenvalue weighted by atomic mass is 16.5. The van der Waals surface area contributed by atoms with Crippen LogP contribution in [-0.2, 0) is 6.42 Å². The Labute approximate surface area is 121 Å². The van der Waals surface area contributed by atoms with Crippen molar-refractivity contribution in [3.8, 4) is 5.75 Å². The third-order valence-corrected chi connectivity index (χ3v) is 4.18. The minimum atomic E-state index is -0.497. The van der Waals surface area contributed by atoms with Gasteiger partial charge in [0.25, 0.3) is 0 Å². The van der Waals surface area contributed by atoms with Gasteiger partial charge in [-0.2, -0.15) is 0 Å². The molecule has 0 bridgehead atoms. The summed E-state index contributed by atoms with van der Waals surface area (Å²) < 4.78 is 12.2. The predicted octanol–water partition coefficient (Wildman–Crippen LogP) is 4.20. The number of ether oxygens (including phenoxy) is 1. The van der Waals surface area contributed by atoms with Gasteiger partial charge in [-0.1, -0.05) is 30.3 Å². The van der Waals surface area contributed by atoms with Crippen LogP contribution in [-0.4, -0.2) is 5.72 Å². The van der Waals surface area contributed by atoms with Gasteiger partial charge >= 0.3 is 0 Å². The Balaban J connectivity index is 1.63. The summed E-state index contributed by atoms with van der Waals surface area (Å²) in [4.78, 5) is 0. The van der Waals surface area contributed by atoms with Crippen molar-refractivity contribution in [3.63, 3.8) is 0 Å². The largest absolute Gasteiger partial charge is 0.460 e. The number of hydrogen-bond acceptors (Lipinski definition) is 3. The fourth-order valence-electron chi connectivity index (χ4n) is 3.20. The van der Waals surface area contributed by atoms with E-state index in [2.05, 4.69) is 29.6 Å². The van der Waals surface area contributed by atoms with Gasteiger partial charge in [0, 0.05) is 12.1 Å². The van der Waals surface area contributed by atoms with E-state index in [0.29, 0.717) is 0 Å². The number of para-hydroxylation sites is 2. The van der Waals surface area contributed by atoms with Gasteiger partial charge in [-0.3, -0.25) is 0 Å². The Hall–Kier alpha value is -2.68. The van der Waals surface area contributed by atoms with Crippen LogP contribution in [0, 0.1) is 0 Å². The molecule has 3 aromatic rings. The average molecular weight is 275 g/mol. The zero-order valence-corrected chi connectivity index (χ0v) is 11.3. The van der Waals surface area contributed by atoms with Gasteiger partial charge in [-0.05, 0) is 35.9 Å². The van der Waals surface area contributed by atoms with Crippen LogP contribution in [0.2, 0.25) is 0 Å². The van der Waals surface area contributed by atoms with Crippen LogP contribution in [0.4, 0.5) is 5.69 Å². The summed E-state index contributed by atoms with van der Waals surface area (Å²) in [5.41, 5.74) is 2.78. The lowest BCUT2D eigenvalue weighted by atomic mass is 10.0. The topological polar surface area (TPSA) is 34.4 Å². The molecule has 1 aromatic heterocycles. The minimum absolute atomic E-state index is 0.497. The highest BCUT2D eigenvalue weighted by molar-refractivity contribution is 5.89. The Bertz CT molecular complexity index is 866. The molecule has 0 aliphatic carbocycles. The second-order valence-electron chi connectivity index (χ2n) is 5.58. The van der Waals surface area contributed by atoms with E-state index >= 15 is 0 Å². The Morgan fingerprint density at radius 2 is 1.86 bits per heavy atom. The zero-order valence-electron chi connectivity index (χ0n) is 11.3. The maximum Gasteiger partial charge on any atom is 0.204 e. The summed E-state index contributed by atoms with van der Waals surface area (Å²) in [7, 11) is 0. The van der Waals surface area contributed by atoms with E-state index in [9.17, 15) is 0 Å². The lowest BCUT2D eigenvalue weighted by molar-refractivity contribution is 0.155. The first-order valence-electron chi connectivity index (χ1n) is 7.09. The van der Waals surface area contributed by atoms with E-state index in [1.54, 1.807) is 0 Å². The molecule has 0 amide bonds. The van der Waals surface area contributed by atoms with E-state index in [1.807, 2.05) is 36.4 Å². The van der Waals surface area contributed by atoms with Gasteiger partial charge in [0.1, 0.15) is 5.58 Å². The molecule has 2 aromatic carbocycles. The normalized spacial score (nSPS) is 21.9.